The molecule has 3 rings (SSSR count). The molecular weight excluding hydrogens is 246 g/mol. The molecule has 2 amide bonds. The number of rotatable bonds is 5. The molecule has 0 bridgehead atoms. The van der Waals surface area contributed by atoms with Crippen LogP contribution in [0.2, 0.25) is 0 Å². The van der Waals surface area contributed by atoms with Gasteiger partial charge in [0.05, 0.1) is 0 Å². The lowest BCUT2D eigenvalue weighted by Crippen LogP contribution is -2.34. The minimum atomic E-state index is 0.0758. The summed E-state index contributed by atoms with van der Waals surface area (Å²) < 4.78 is 0. The van der Waals surface area contributed by atoms with Crippen LogP contribution in [0.5, 0.6) is 0 Å². The van der Waals surface area contributed by atoms with Gasteiger partial charge in [-0.3, -0.25) is 0 Å². The van der Waals surface area contributed by atoms with E-state index in [0.29, 0.717) is 0 Å². The smallest absolute Gasteiger partial charge is 0.317 e. The molecule has 4 nitrogen and oxygen atoms in total. The second kappa shape index (κ2) is 5.28. The van der Waals surface area contributed by atoms with Crippen LogP contribution in [-0.4, -0.2) is 37.1 Å². The van der Waals surface area contributed by atoms with Gasteiger partial charge in [-0.05, 0) is 30.9 Å². The summed E-state index contributed by atoms with van der Waals surface area (Å²) in [5.74, 6) is 0. The van der Waals surface area contributed by atoms with Gasteiger partial charge in [0.15, 0.2) is 0 Å². The zero-order valence-electron chi connectivity index (χ0n) is 10.5. The number of nitrogens with zero attached hydrogens (tertiary/aromatic N) is 1. The van der Waals surface area contributed by atoms with Crippen LogP contribution in [0.1, 0.15) is 21.7 Å². The molecule has 2 aliphatic rings. The topological polar surface area (TPSA) is 44.4 Å². The molecule has 1 aliphatic carbocycles. The van der Waals surface area contributed by atoms with Crippen molar-refractivity contribution in [1.29, 1.82) is 0 Å². The third kappa shape index (κ3) is 2.52. The maximum Gasteiger partial charge on any atom is 0.317 e. The Bertz CT molecular complexity index is 422. The van der Waals surface area contributed by atoms with Crippen molar-refractivity contribution >= 4 is 17.4 Å². The lowest BCUT2D eigenvalue weighted by molar-refractivity contribution is 0.217. The van der Waals surface area contributed by atoms with Gasteiger partial charge in [0.2, 0.25) is 0 Å². The minimum absolute atomic E-state index is 0.0758. The maximum atomic E-state index is 11.3. The van der Waals surface area contributed by atoms with E-state index in [-0.39, 0.29) is 6.03 Å². The van der Waals surface area contributed by atoms with Crippen LogP contribution in [-0.2, 0) is 19.4 Å². The number of carbonyl (C=O) groups is 1. The summed E-state index contributed by atoms with van der Waals surface area (Å²) in [6, 6.07) is 2.43. The SMILES string of the molecule is O=C1NCCN1CCNCc1cc2c(s1)CCC2. The van der Waals surface area contributed by atoms with E-state index in [1.54, 1.807) is 10.4 Å². The number of urea groups is 1. The fourth-order valence-electron chi connectivity index (χ4n) is 2.63. The predicted octanol–water partition coefficient (Wildman–Crippen LogP) is 1.35. The second-order valence-corrected chi connectivity index (χ2v) is 6.13. The molecular formula is C13H19N3OS. The second-order valence-electron chi connectivity index (χ2n) is 4.91. The molecule has 1 saturated heterocycles. The molecule has 1 fully saturated rings. The monoisotopic (exact) mass is 265 g/mol. The third-order valence-corrected chi connectivity index (χ3v) is 4.84. The van der Waals surface area contributed by atoms with Gasteiger partial charge in [0, 0.05) is 42.5 Å². The fraction of sp³-hybridized carbons (Fsp3) is 0.615. The summed E-state index contributed by atoms with van der Waals surface area (Å²) >= 11 is 1.95. The zero-order valence-corrected chi connectivity index (χ0v) is 11.3. The molecule has 5 heteroatoms. The normalized spacial score (nSPS) is 18.2. The molecule has 2 heterocycles. The Kier molecular flexibility index (Phi) is 3.52. The lowest BCUT2D eigenvalue weighted by Gasteiger charge is -2.13. The third-order valence-electron chi connectivity index (χ3n) is 3.60. The number of hydrogen-bond acceptors (Lipinski definition) is 3. The summed E-state index contributed by atoms with van der Waals surface area (Å²) in [5.41, 5.74) is 1.57. The summed E-state index contributed by atoms with van der Waals surface area (Å²) in [4.78, 5) is 16.2. The van der Waals surface area contributed by atoms with Crippen LogP contribution >= 0.6 is 11.3 Å². The zero-order chi connectivity index (χ0) is 12.4. The van der Waals surface area contributed by atoms with Crippen molar-refractivity contribution in [3.63, 3.8) is 0 Å². The van der Waals surface area contributed by atoms with Crippen LogP contribution in [0.25, 0.3) is 0 Å². The first kappa shape index (κ1) is 12.0. The first-order valence-corrected chi connectivity index (χ1v) is 7.48. The lowest BCUT2D eigenvalue weighted by atomic mass is 10.2. The van der Waals surface area contributed by atoms with Gasteiger partial charge >= 0.3 is 6.03 Å². The Labute approximate surface area is 111 Å². The minimum Gasteiger partial charge on any atom is -0.336 e. The van der Waals surface area contributed by atoms with Gasteiger partial charge in [-0.2, -0.15) is 0 Å². The van der Waals surface area contributed by atoms with E-state index in [4.69, 9.17) is 0 Å². The Morgan fingerprint density at radius 1 is 1.44 bits per heavy atom. The molecule has 1 aromatic heterocycles. The van der Waals surface area contributed by atoms with Crippen LogP contribution in [0.3, 0.4) is 0 Å². The first-order chi connectivity index (χ1) is 8.83. The van der Waals surface area contributed by atoms with Gasteiger partial charge in [-0.1, -0.05) is 0 Å². The average molecular weight is 265 g/mol. The number of fused-ring (bicyclic) bond motifs is 1. The molecule has 18 heavy (non-hydrogen) atoms. The van der Waals surface area contributed by atoms with E-state index in [2.05, 4.69) is 16.7 Å². The Hall–Kier alpha value is -1.07. The Morgan fingerprint density at radius 3 is 3.17 bits per heavy atom. The van der Waals surface area contributed by atoms with Crippen LogP contribution < -0.4 is 10.6 Å². The summed E-state index contributed by atoms with van der Waals surface area (Å²) in [6.07, 6.45) is 3.87. The standard InChI is InChI=1S/C13H19N3OS/c17-13-15-5-7-16(13)6-4-14-9-11-8-10-2-1-3-12(10)18-11/h8,14H,1-7,9H2,(H,15,17). The summed E-state index contributed by atoms with van der Waals surface area (Å²) in [7, 11) is 0. The van der Waals surface area contributed by atoms with Crippen LogP contribution in [0.4, 0.5) is 4.79 Å². The van der Waals surface area contributed by atoms with Crippen molar-refractivity contribution < 1.29 is 4.79 Å². The molecule has 0 saturated carbocycles. The van der Waals surface area contributed by atoms with Gasteiger partial charge in [-0.15, -0.1) is 11.3 Å². The van der Waals surface area contributed by atoms with Gasteiger partial charge in [-0.25, -0.2) is 4.79 Å². The molecule has 1 aliphatic heterocycles. The van der Waals surface area contributed by atoms with Gasteiger partial charge in [0.1, 0.15) is 0 Å². The number of thiophene rings is 1. The Balaban J connectivity index is 1.40. The molecule has 0 unspecified atom stereocenters. The van der Waals surface area contributed by atoms with Crippen molar-refractivity contribution in [2.45, 2.75) is 25.8 Å². The van der Waals surface area contributed by atoms with Crippen molar-refractivity contribution in [2.75, 3.05) is 26.2 Å². The van der Waals surface area contributed by atoms with Crippen molar-refractivity contribution in [3.8, 4) is 0 Å². The van der Waals surface area contributed by atoms with Gasteiger partial charge < -0.3 is 15.5 Å². The first-order valence-electron chi connectivity index (χ1n) is 6.67. The highest BCUT2D eigenvalue weighted by molar-refractivity contribution is 7.12. The van der Waals surface area contributed by atoms with E-state index in [1.807, 2.05) is 16.2 Å². The van der Waals surface area contributed by atoms with E-state index >= 15 is 0 Å². The maximum absolute atomic E-state index is 11.3. The van der Waals surface area contributed by atoms with E-state index in [1.165, 1.54) is 24.1 Å². The van der Waals surface area contributed by atoms with E-state index in [0.717, 1.165) is 32.7 Å². The number of aryl methyl sites for hydroxylation is 2. The Morgan fingerprint density at radius 2 is 2.39 bits per heavy atom. The number of amides is 2. The molecule has 98 valence electrons. The van der Waals surface area contributed by atoms with Crippen molar-refractivity contribution in [2.24, 2.45) is 0 Å². The highest BCUT2D eigenvalue weighted by Gasteiger charge is 2.18. The highest BCUT2D eigenvalue weighted by Crippen LogP contribution is 2.30. The molecule has 1 aromatic rings. The average Bonchev–Trinajstić information content (AvgIpc) is 3.00. The van der Waals surface area contributed by atoms with Crippen LogP contribution in [0.15, 0.2) is 6.07 Å². The molecule has 0 atom stereocenters. The number of hydrogen-bond donors (Lipinski definition) is 2. The molecule has 0 aromatic carbocycles. The summed E-state index contributed by atoms with van der Waals surface area (Å²) in [5, 5.41) is 6.24. The number of carbonyl (C=O) groups excluding carboxylic acids is 1. The fourth-order valence-corrected chi connectivity index (χ4v) is 3.86. The number of nitrogens with one attached hydrogen (secondary N) is 2. The molecule has 2 N–H and O–H groups in total. The van der Waals surface area contributed by atoms with Crippen LogP contribution in [0, 0.1) is 0 Å². The quantitative estimate of drug-likeness (QED) is 0.789. The van der Waals surface area contributed by atoms with Crippen molar-refractivity contribution in [3.05, 3.63) is 21.4 Å². The highest BCUT2D eigenvalue weighted by atomic mass is 32.1. The molecule has 0 spiro atoms. The summed E-state index contributed by atoms with van der Waals surface area (Å²) in [6.45, 7) is 4.24. The van der Waals surface area contributed by atoms with E-state index < -0.39 is 0 Å². The van der Waals surface area contributed by atoms with Gasteiger partial charge in [0.25, 0.3) is 0 Å². The predicted molar refractivity (Wildman–Crippen MR) is 73.0 cm³/mol. The van der Waals surface area contributed by atoms with E-state index in [9.17, 15) is 4.79 Å². The van der Waals surface area contributed by atoms with Crippen molar-refractivity contribution in [1.82, 2.24) is 15.5 Å². The largest absolute Gasteiger partial charge is 0.336 e. The molecule has 0 radical (unpaired) electrons.